The molecule has 0 heterocycles. The predicted octanol–water partition coefficient (Wildman–Crippen LogP) is 6.82. The molecule has 22 heavy (non-hydrogen) atoms. The third-order valence-electron chi connectivity index (χ3n) is 3.93. The van der Waals surface area contributed by atoms with Crippen LogP contribution in [0.1, 0.15) is 38.8 Å². The van der Waals surface area contributed by atoms with E-state index in [2.05, 4.69) is 71.1 Å². The molecule has 1 nitrogen and oxygen atoms in total. The quantitative estimate of drug-likeness (QED) is 0.364. The molecule has 0 fully saturated rings. The Balaban J connectivity index is 0.000000789. The van der Waals surface area contributed by atoms with Gasteiger partial charge in [0, 0.05) is 6.42 Å². The van der Waals surface area contributed by atoms with Gasteiger partial charge >= 0.3 is 37.9 Å². The molecule has 124 valence electrons. The Bertz CT molecular complexity index is 482. The number of fused-ring (bicyclic) bond motifs is 1. The molecule has 0 aliphatic heterocycles. The number of halogens is 2. The van der Waals surface area contributed by atoms with Gasteiger partial charge in [-0.15, -0.1) is 0 Å². The van der Waals surface area contributed by atoms with E-state index in [0.29, 0.717) is 0 Å². The van der Waals surface area contributed by atoms with Gasteiger partial charge in [-0.05, 0) is 35.3 Å². The first-order valence-electron chi connectivity index (χ1n) is 7.36. The molecule has 1 aromatic carbocycles. The summed E-state index contributed by atoms with van der Waals surface area (Å²) in [7, 11) is 8.19. The average molecular weight is 438 g/mol. The summed E-state index contributed by atoms with van der Waals surface area (Å²) in [6.45, 7) is 16.4. The fourth-order valence-corrected chi connectivity index (χ4v) is 2.89. The van der Waals surface area contributed by atoms with E-state index in [4.69, 9.17) is 21.5 Å². The van der Waals surface area contributed by atoms with Crippen molar-refractivity contribution < 1.29 is 25.3 Å². The number of hydrogen-bond donors (Lipinski definition) is 0. The van der Waals surface area contributed by atoms with Crippen molar-refractivity contribution in [3.05, 3.63) is 48.1 Å². The predicted molar refractivity (Wildman–Crippen MR) is 99.1 cm³/mol. The Hall–Kier alpha value is 0.440. The van der Waals surface area contributed by atoms with Crippen LogP contribution in [0.4, 0.5) is 0 Å². The summed E-state index contributed by atoms with van der Waals surface area (Å²) in [5.41, 5.74) is 2.71. The van der Waals surface area contributed by atoms with Gasteiger partial charge in [0.15, 0.2) is 0 Å². The molecule has 0 spiro atoms. The maximum atomic E-state index is 6.35. The van der Waals surface area contributed by atoms with Crippen LogP contribution in [-0.4, -0.2) is 8.32 Å². The van der Waals surface area contributed by atoms with Crippen LogP contribution in [0.25, 0.3) is 6.08 Å². The summed E-state index contributed by atoms with van der Waals surface area (Å²) in [6.07, 6.45) is 3.17. The van der Waals surface area contributed by atoms with E-state index in [1.54, 1.807) is 6.92 Å². The van der Waals surface area contributed by atoms with Crippen molar-refractivity contribution in [1.82, 2.24) is 0 Å². The number of hydrogen-bond acceptors (Lipinski definition) is 1. The normalized spacial score (nSPS) is 12.9. The van der Waals surface area contributed by atoms with Gasteiger partial charge in [0.1, 0.15) is 0 Å². The van der Waals surface area contributed by atoms with Gasteiger partial charge in [-0.3, -0.25) is 0 Å². The molecule has 2 rings (SSSR count). The third kappa shape index (κ3) is 6.91. The molecule has 0 N–H and O–H groups in total. The van der Waals surface area contributed by atoms with Crippen molar-refractivity contribution in [3.8, 4) is 0 Å². The third-order valence-corrected chi connectivity index (χ3v) is 8.31. The first kappa shape index (κ1) is 22.4. The van der Waals surface area contributed by atoms with Crippen molar-refractivity contribution >= 4 is 31.4 Å². The van der Waals surface area contributed by atoms with Crippen LogP contribution in [0, 0.1) is 6.92 Å². The molecule has 1 aliphatic carbocycles. The van der Waals surface area contributed by atoms with Crippen LogP contribution in [0.2, 0.25) is 18.1 Å². The van der Waals surface area contributed by atoms with E-state index in [0.717, 1.165) is 12.2 Å². The Morgan fingerprint density at radius 3 is 2.09 bits per heavy atom. The zero-order valence-corrected chi connectivity index (χ0v) is 19.4. The van der Waals surface area contributed by atoms with E-state index < -0.39 is 29.2 Å². The molecule has 0 saturated heterocycles. The Labute approximate surface area is 156 Å². The molecule has 0 amide bonds. The molecule has 0 saturated carbocycles. The van der Waals surface area contributed by atoms with E-state index in [-0.39, 0.29) is 5.04 Å². The van der Waals surface area contributed by atoms with Gasteiger partial charge in [-0.25, -0.2) is 0 Å². The van der Waals surface area contributed by atoms with E-state index in [1.165, 1.54) is 11.1 Å². The van der Waals surface area contributed by atoms with Crippen LogP contribution in [0.15, 0.2) is 30.0 Å². The first-order valence-corrected chi connectivity index (χ1v) is 16.6. The zero-order chi connectivity index (χ0) is 17.4. The Kier molecular flexibility index (Phi) is 10.5. The summed E-state index contributed by atoms with van der Waals surface area (Å²) >= 11 is -0.826. The zero-order valence-electron chi connectivity index (χ0n) is 14.5. The van der Waals surface area contributed by atoms with E-state index >= 15 is 0 Å². The number of benzene rings is 1. The van der Waals surface area contributed by atoms with Gasteiger partial charge < -0.3 is 11.3 Å². The molecule has 0 radical (unpaired) electrons. The first-order chi connectivity index (χ1) is 10.2. The summed E-state index contributed by atoms with van der Waals surface area (Å²) < 4.78 is 6.35. The molecule has 0 bridgehead atoms. The Morgan fingerprint density at radius 2 is 1.64 bits per heavy atom. The average Bonchev–Trinajstić information content (AvgIpc) is 2.82. The molecule has 1 aliphatic rings. The van der Waals surface area contributed by atoms with Crippen LogP contribution >= 0.6 is 17.0 Å². The van der Waals surface area contributed by atoms with Crippen molar-refractivity contribution in [1.29, 1.82) is 0 Å². The number of rotatable bonds is 2. The molecule has 0 aromatic heterocycles. The fourth-order valence-electron chi connectivity index (χ4n) is 1.79. The monoisotopic (exact) mass is 435 g/mol. The SMILES string of the molecule is CC(C)(C)[Si](C)(C)OC1=Cc2ccccc2C1.[CH2-]C.[Cl][Zr][Cl]. The minimum atomic E-state index is -1.68. The van der Waals surface area contributed by atoms with E-state index in [9.17, 15) is 0 Å². The van der Waals surface area contributed by atoms with Crippen molar-refractivity contribution in [2.75, 3.05) is 0 Å². The van der Waals surface area contributed by atoms with Gasteiger partial charge in [0.05, 0.1) is 5.76 Å². The molecular weight excluding hydrogens is 410 g/mol. The second-order valence-corrected chi connectivity index (χ2v) is 14.9. The molecule has 0 atom stereocenters. The standard InChI is InChI=1S/C15H22OSi.C2H5.2ClH.Zr/c1-15(2,3)17(4,5)16-14-10-12-8-6-7-9-13(12)11-14;1-2;;;/h6-10H,11H2,1-5H3;1H2,2H3;2*1H;/q;-1;;;+2/p-2. The minimum absolute atomic E-state index is 0.266. The topological polar surface area (TPSA) is 9.23 Å². The van der Waals surface area contributed by atoms with Gasteiger partial charge in [0.2, 0.25) is 8.32 Å². The van der Waals surface area contributed by atoms with Crippen LogP contribution < -0.4 is 0 Å². The Morgan fingerprint density at radius 1 is 1.14 bits per heavy atom. The van der Waals surface area contributed by atoms with E-state index in [1.807, 2.05) is 0 Å². The maximum absolute atomic E-state index is 6.35. The second-order valence-electron chi connectivity index (χ2n) is 6.42. The van der Waals surface area contributed by atoms with Crippen LogP contribution in [-0.2, 0) is 31.7 Å². The molecule has 1 aromatic rings. The van der Waals surface area contributed by atoms with Crippen molar-refractivity contribution in [2.24, 2.45) is 0 Å². The van der Waals surface area contributed by atoms with Gasteiger partial charge in [-0.2, -0.15) is 6.92 Å². The fraction of sp³-hybridized carbons (Fsp3) is 0.471. The summed E-state index contributed by atoms with van der Waals surface area (Å²) in [4.78, 5) is 0. The second kappa shape index (κ2) is 10.3. The molecular formula is C17H27Cl2OSiZr-. The van der Waals surface area contributed by atoms with Crippen molar-refractivity contribution in [2.45, 2.75) is 52.2 Å². The van der Waals surface area contributed by atoms with Crippen molar-refractivity contribution in [3.63, 3.8) is 0 Å². The summed E-state index contributed by atoms with van der Waals surface area (Å²) in [6, 6.07) is 8.54. The number of allylic oxidation sites excluding steroid dienone is 1. The van der Waals surface area contributed by atoms with Crippen LogP contribution in [0.3, 0.4) is 0 Å². The van der Waals surface area contributed by atoms with Gasteiger partial charge in [0.25, 0.3) is 0 Å². The van der Waals surface area contributed by atoms with Crippen LogP contribution in [0.5, 0.6) is 0 Å². The summed E-state index contributed by atoms with van der Waals surface area (Å²) in [5.74, 6) is 1.15. The molecule has 5 heteroatoms. The van der Waals surface area contributed by atoms with Gasteiger partial charge in [-0.1, -0.05) is 45.0 Å². The summed E-state index contributed by atoms with van der Waals surface area (Å²) in [5, 5.41) is 0.266. The molecule has 0 unspecified atom stereocenters.